The van der Waals surface area contributed by atoms with Crippen LogP contribution in [-0.2, 0) is 4.79 Å². The van der Waals surface area contributed by atoms with Crippen LogP contribution in [0, 0.1) is 22.7 Å². The molecule has 0 spiro atoms. The lowest BCUT2D eigenvalue weighted by atomic mass is 9.93. The molecule has 1 aromatic carbocycles. The quantitative estimate of drug-likeness (QED) is 0.388. The minimum Gasteiger partial charge on any atom is -0.342 e. The number of rotatable bonds is 7. The summed E-state index contributed by atoms with van der Waals surface area (Å²) in [5.74, 6) is 0.147. The van der Waals surface area contributed by atoms with Gasteiger partial charge in [-0.15, -0.1) is 0 Å². The number of carbonyl (C=O) groups is 2. The Balaban J connectivity index is 1.41. The standard InChI is InChI=1S/C28H32ClN7O2/c1-18(14-30)13-24(37)19-5-7-20(8-6-19)25-23(29)16-31-27(34-25)33-21-15-32-36(17-21)22-9-11-35(12-10-22)26(38)28(2,3)4/h5-8,15-18,22H,9-13H2,1-4H3,(H,31,33,34)/t18-/m1/s1. The Morgan fingerprint density at radius 2 is 1.87 bits per heavy atom. The highest BCUT2D eigenvalue weighted by Gasteiger charge is 2.31. The van der Waals surface area contributed by atoms with Gasteiger partial charge in [-0.05, 0) is 19.8 Å². The van der Waals surface area contributed by atoms with Crippen molar-refractivity contribution in [1.82, 2.24) is 24.6 Å². The number of nitriles is 1. The van der Waals surface area contributed by atoms with Gasteiger partial charge in [0.15, 0.2) is 5.78 Å². The number of aromatic nitrogens is 4. The van der Waals surface area contributed by atoms with Gasteiger partial charge in [0, 0.05) is 42.2 Å². The molecule has 9 nitrogen and oxygen atoms in total. The molecule has 0 radical (unpaired) electrons. The average molecular weight is 534 g/mol. The number of nitrogens with zero attached hydrogens (tertiary/aromatic N) is 6. The van der Waals surface area contributed by atoms with Crippen LogP contribution in [0.4, 0.5) is 11.6 Å². The molecule has 0 saturated carbocycles. The summed E-state index contributed by atoms with van der Waals surface area (Å²) in [6, 6.07) is 9.32. The Morgan fingerprint density at radius 3 is 2.50 bits per heavy atom. The second kappa shape index (κ2) is 11.3. The van der Waals surface area contributed by atoms with Crippen molar-refractivity contribution in [3.63, 3.8) is 0 Å². The van der Waals surface area contributed by atoms with E-state index in [0.717, 1.165) is 37.2 Å². The number of piperidine rings is 1. The molecule has 1 saturated heterocycles. The van der Waals surface area contributed by atoms with Crippen LogP contribution in [0.25, 0.3) is 11.3 Å². The first-order chi connectivity index (χ1) is 18.0. The third kappa shape index (κ3) is 6.37. The lowest BCUT2D eigenvalue weighted by Gasteiger charge is -2.35. The van der Waals surface area contributed by atoms with Gasteiger partial charge < -0.3 is 10.2 Å². The second-order valence-electron chi connectivity index (χ2n) is 10.7. The van der Waals surface area contributed by atoms with Crippen LogP contribution in [0.3, 0.4) is 0 Å². The van der Waals surface area contributed by atoms with E-state index in [1.165, 1.54) is 6.20 Å². The van der Waals surface area contributed by atoms with Crippen LogP contribution < -0.4 is 5.32 Å². The third-order valence-electron chi connectivity index (χ3n) is 6.56. The zero-order valence-electron chi connectivity index (χ0n) is 22.1. The molecule has 4 rings (SSSR count). The molecule has 3 aromatic rings. The summed E-state index contributed by atoms with van der Waals surface area (Å²) >= 11 is 6.39. The van der Waals surface area contributed by atoms with E-state index in [4.69, 9.17) is 16.9 Å². The van der Waals surface area contributed by atoms with Gasteiger partial charge in [0.05, 0.1) is 46.8 Å². The molecule has 3 heterocycles. The number of nitrogens with one attached hydrogen (secondary N) is 1. The number of hydrogen-bond donors (Lipinski definition) is 1. The number of hydrogen-bond acceptors (Lipinski definition) is 7. The summed E-state index contributed by atoms with van der Waals surface area (Å²) in [5, 5.41) is 17.1. The summed E-state index contributed by atoms with van der Waals surface area (Å²) < 4.78 is 1.93. The zero-order valence-corrected chi connectivity index (χ0v) is 22.9. The number of likely N-dealkylation sites (tertiary alicyclic amines) is 1. The minimum absolute atomic E-state index is 0.0785. The Labute approximate surface area is 227 Å². The summed E-state index contributed by atoms with van der Waals surface area (Å²) in [7, 11) is 0. The second-order valence-corrected chi connectivity index (χ2v) is 11.1. The van der Waals surface area contributed by atoms with Crippen LogP contribution >= 0.6 is 11.6 Å². The minimum atomic E-state index is -0.372. The smallest absolute Gasteiger partial charge is 0.227 e. The van der Waals surface area contributed by atoms with Crippen molar-refractivity contribution in [1.29, 1.82) is 5.26 Å². The maximum atomic E-state index is 12.6. The third-order valence-corrected chi connectivity index (χ3v) is 6.84. The van der Waals surface area contributed by atoms with Gasteiger partial charge in [-0.25, -0.2) is 9.97 Å². The van der Waals surface area contributed by atoms with Crippen LogP contribution in [0.5, 0.6) is 0 Å². The van der Waals surface area contributed by atoms with Crippen molar-refractivity contribution < 1.29 is 9.59 Å². The molecule has 1 amide bonds. The van der Waals surface area contributed by atoms with Crippen LogP contribution in [0.15, 0.2) is 42.9 Å². The molecule has 2 aromatic heterocycles. The highest BCUT2D eigenvalue weighted by atomic mass is 35.5. The molecular formula is C28H32ClN7O2. The Kier molecular flexibility index (Phi) is 8.12. The Hall–Kier alpha value is -3.77. The summed E-state index contributed by atoms with van der Waals surface area (Å²) in [5.41, 5.74) is 2.21. The van der Waals surface area contributed by atoms with E-state index >= 15 is 0 Å². The summed E-state index contributed by atoms with van der Waals surface area (Å²) in [6.07, 6.45) is 7.06. The van der Waals surface area contributed by atoms with Gasteiger partial charge in [0.1, 0.15) is 0 Å². The van der Waals surface area contributed by atoms with Crippen molar-refractivity contribution in [2.24, 2.45) is 11.3 Å². The van der Waals surface area contributed by atoms with E-state index in [2.05, 4.69) is 26.5 Å². The number of Topliss-reactive ketones (excluding diaryl/α,β-unsaturated/α-hetero) is 1. The van der Waals surface area contributed by atoms with Crippen LogP contribution in [-0.4, -0.2) is 49.4 Å². The molecule has 10 heteroatoms. The predicted molar refractivity (Wildman–Crippen MR) is 146 cm³/mol. The number of benzene rings is 1. The fourth-order valence-corrected chi connectivity index (χ4v) is 4.62. The van der Waals surface area contributed by atoms with E-state index in [1.807, 2.05) is 36.5 Å². The predicted octanol–water partition coefficient (Wildman–Crippen LogP) is 5.68. The van der Waals surface area contributed by atoms with Crippen molar-refractivity contribution in [2.45, 2.75) is 53.0 Å². The molecule has 38 heavy (non-hydrogen) atoms. The van der Waals surface area contributed by atoms with Gasteiger partial charge in [0.25, 0.3) is 0 Å². The fraction of sp³-hybridized carbons (Fsp3) is 0.429. The number of anilines is 2. The van der Waals surface area contributed by atoms with Crippen molar-refractivity contribution in [3.8, 4) is 17.3 Å². The fourth-order valence-electron chi connectivity index (χ4n) is 4.42. The van der Waals surface area contributed by atoms with E-state index in [0.29, 0.717) is 22.2 Å². The highest BCUT2D eigenvalue weighted by Crippen LogP contribution is 2.29. The maximum Gasteiger partial charge on any atom is 0.227 e. The molecule has 0 unspecified atom stereocenters. The first kappa shape index (κ1) is 27.3. The van der Waals surface area contributed by atoms with E-state index in [9.17, 15) is 9.59 Å². The van der Waals surface area contributed by atoms with Gasteiger partial charge in [-0.3, -0.25) is 14.3 Å². The Bertz CT molecular complexity index is 1350. The average Bonchev–Trinajstić information content (AvgIpc) is 3.37. The van der Waals surface area contributed by atoms with E-state index in [-0.39, 0.29) is 35.5 Å². The topological polar surface area (TPSA) is 117 Å². The van der Waals surface area contributed by atoms with Crippen molar-refractivity contribution in [3.05, 3.63) is 53.4 Å². The molecule has 198 valence electrons. The monoisotopic (exact) mass is 533 g/mol. The van der Waals surface area contributed by atoms with Gasteiger partial charge in [-0.1, -0.05) is 56.6 Å². The normalized spacial score (nSPS) is 15.1. The molecule has 1 fully saturated rings. The van der Waals surface area contributed by atoms with Gasteiger partial charge in [0.2, 0.25) is 11.9 Å². The first-order valence-electron chi connectivity index (χ1n) is 12.7. The number of halogens is 1. The maximum absolute atomic E-state index is 12.6. The summed E-state index contributed by atoms with van der Waals surface area (Å²) in [4.78, 5) is 35.7. The first-order valence-corrected chi connectivity index (χ1v) is 13.1. The lowest BCUT2D eigenvalue weighted by Crippen LogP contribution is -2.44. The van der Waals surface area contributed by atoms with Crippen LogP contribution in [0.2, 0.25) is 5.02 Å². The molecule has 1 atom stereocenters. The highest BCUT2D eigenvalue weighted by molar-refractivity contribution is 6.32. The lowest BCUT2D eigenvalue weighted by molar-refractivity contribution is -0.140. The molecule has 0 aliphatic carbocycles. The number of amides is 1. The molecule has 1 N–H and O–H groups in total. The largest absolute Gasteiger partial charge is 0.342 e. The number of carbonyl (C=O) groups excluding carboxylic acids is 2. The molecule has 1 aliphatic rings. The molecule has 1 aliphatic heterocycles. The van der Waals surface area contributed by atoms with Crippen molar-refractivity contribution >= 4 is 34.9 Å². The molecule has 0 bridgehead atoms. The van der Waals surface area contributed by atoms with E-state index in [1.54, 1.807) is 37.4 Å². The van der Waals surface area contributed by atoms with Gasteiger partial charge in [-0.2, -0.15) is 10.4 Å². The SMILES string of the molecule is C[C@@H](C#N)CC(=O)c1ccc(-c2nc(Nc3cnn(C4CCN(C(=O)C(C)(C)C)CC4)c3)ncc2Cl)cc1. The number of ketones is 1. The van der Waals surface area contributed by atoms with Crippen molar-refractivity contribution in [2.75, 3.05) is 18.4 Å². The molecular weight excluding hydrogens is 502 g/mol. The van der Waals surface area contributed by atoms with Crippen LogP contribution in [0.1, 0.15) is 63.4 Å². The van der Waals surface area contributed by atoms with Gasteiger partial charge >= 0.3 is 0 Å². The zero-order chi connectivity index (χ0) is 27.4. The Morgan fingerprint density at radius 1 is 1.18 bits per heavy atom. The summed E-state index contributed by atoms with van der Waals surface area (Å²) in [6.45, 7) is 9.01. The van der Waals surface area contributed by atoms with E-state index < -0.39 is 0 Å².